The Labute approximate surface area is 117 Å². The standard InChI is InChI=1S/C14H18N2O2S/c1-2-18-14-7-11(3-4-13(14)17)8-15-6-5-12-9-19-10-16-12/h3-4,7,9-10,15,17H,2,5-6,8H2,1H3. The van der Waals surface area contributed by atoms with Crippen LogP contribution in [0.2, 0.25) is 0 Å². The molecule has 4 nitrogen and oxygen atoms in total. The van der Waals surface area contributed by atoms with Crippen LogP contribution in [-0.2, 0) is 13.0 Å². The number of hydrogen-bond donors (Lipinski definition) is 2. The molecule has 2 aromatic rings. The van der Waals surface area contributed by atoms with Crippen molar-refractivity contribution in [1.82, 2.24) is 10.3 Å². The monoisotopic (exact) mass is 278 g/mol. The van der Waals surface area contributed by atoms with E-state index in [-0.39, 0.29) is 5.75 Å². The first kappa shape index (κ1) is 13.8. The zero-order valence-corrected chi connectivity index (χ0v) is 11.7. The SMILES string of the molecule is CCOc1cc(CNCCc2cscn2)ccc1O. The number of thiazole rings is 1. The minimum Gasteiger partial charge on any atom is -0.504 e. The lowest BCUT2D eigenvalue weighted by Gasteiger charge is -2.09. The van der Waals surface area contributed by atoms with E-state index >= 15 is 0 Å². The topological polar surface area (TPSA) is 54.4 Å². The lowest BCUT2D eigenvalue weighted by molar-refractivity contribution is 0.317. The number of ether oxygens (including phenoxy) is 1. The minimum absolute atomic E-state index is 0.188. The number of benzene rings is 1. The van der Waals surface area contributed by atoms with Gasteiger partial charge in [-0.05, 0) is 24.6 Å². The minimum atomic E-state index is 0.188. The van der Waals surface area contributed by atoms with Gasteiger partial charge in [0.2, 0.25) is 0 Å². The lowest BCUT2D eigenvalue weighted by Crippen LogP contribution is -2.16. The number of nitrogens with zero attached hydrogens (tertiary/aromatic N) is 1. The van der Waals surface area contributed by atoms with E-state index in [1.54, 1.807) is 17.4 Å². The van der Waals surface area contributed by atoms with Crippen LogP contribution in [-0.4, -0.2) is 23.2 Å². The third-order valence-corrected chi connectivity index (χ3v) is 3.33. The highest BCUT2D eigenvalue weighted by Crippen LogP contribution is 2.26. The van der Waals surface area contributed by atoms with Gasteiger partial charge in [0.05, 0.1) is 17.8 Å². The second-order valence-electron chi connectivity index (χ2n) is 4.14. The maximum absolute atomic E-state index is 9.61. The Hall–Kier alpha value is -1.59. The van der Waals surface area contributed by atoms with E-state index < -0.39 is 0 Å². The van der Waals surface area contributed by atoms with Crippen molar-refractivity contribution in [3.8, 4) is 11.5 Å². The van der Waals surface area contributed by atoms with Gasteiger partial charge in [-0.1, -0.05) is 6.07 Å². The normalized spacial score (nSPS) is 10.6. The third kappa shape index (κ3) is 4.22. The van der Waals surface area contributed by atoms with Gasteiger partial charge in [-0.15, -0.1) is 11.3 Å². The maximum atomic E-state index is 9.61. The lowest BCUT2D eigenvalue weighted by atomic mass is 10.2. The van der Waals surface area contributed by atoms with E-state index in [9.17, 15) is 5.11 Å². The maximum Gasteiger partial charge on any atom is 0.161 e. The number of aromatic nitrogens is 1. The Morgan fingerprint density at radius 3 is 3.05 bits per heavy atom. The molecule has 1 aromatic carbocycles. The summed E-state index contributed by atoms with van der Waals surface area (Å²) < 4.78 is 5.36. The van der Waals surface area contributed by atoms with Crippen LogP contribution in [0.4, 0.5) is 0 Å². The fourth-order valence-corrected chi connectivity index (χ4v) is 2.34. The van der Waals surface area contributed by atoms with E-state index in [2.05, 4.69) is 15.7 Å². The van der Waals surface area contributed by atoms with E-state index in [0.29, 0.717) is 12.4 Å². The summed E-state index contributed by atoms with van der Waals surface area (Å²) in [7, 11) is 0. The highest BCUT2D eigenvalue weighted by atomic mass is 32.1. The molecule has 0 aliphatic carbocycles. The zero-order chi connectivity index (χ0) is 13.5. The summed E-state index contributed by atoms with van der Waals surface area (Å²) in [5, 5.41) is 15.0. The molecule has 2 N–H and O–H groups in total. The van der Waals surface area contributed by atoms with Gasteiger partial charge in [0.1, 0.15) is 0 Å². The fourth-order valence-electron chi connectivity index (χ4n) is 1.75. The zero-order valence-electron chi connectivity index (χ0n) is 10.9. The van der Waals surface area contributed by atoms with Crippen molar-refractivity contribution in [3.05, 3.63) is 40.3 Å². The van der Waals surface area contributed by atoms with Crippen molar-refractivity contribution in [3.63, 3.8) is 0 Å². The molecule has 0 unspecified atom stereocenters. The Morgan fingerprint density at radius 1 is 1.42 bits per heavy atom. The molecule has 1 aromatic heterocycles. The Bertz CT molecular complexity index is 500. The second-order valence-corrected chi connectivity index (χ2v) is 4.86. The molecule has 19 heavy (non-hydrogen) atoms. The van der Waals surface area contributed by atoms with Crippen LogP contribution in [0.1, 0.15) is 18.2 Å². The molecule has 0 atom stereocenters. The average molecular weight is 278 g/mol. The Morgan fingerprint density at radius 2 is 2.32 bits per heavy atom. The molecule has 1 heterocycles. The van der Waals surface area contributed by atoms with Gasteiger partial charge in [-0.3, -0.25) is 0 Å². The summed E-state index contributed by atoms with van der Waals surface area (Å²) in [4.78, 5) is 4.24. The number of rotatable bonds is 7. The predicted octanol–water partition coefficient (Wildman–Crippen LogP) is 2.58. The van der Waals surface area contributed by atoms with Crippen LogP contribution in [0, 0.1) is 0 Å². The molecule has 0 spiro atoms. The number of phenols is 1. The van der Waals surface area contributed by atoms with E-state index in [0.717, 1.165) is 30.8 Å². The van der Waals surface area contributed by atoms with Gasteiger partial charge < -0.3 is 15.2 Å². The van der Waals surface area contributed by atoms with Crippen molar-refractivity contribution in [2.45, 2.75) is 19.9 Å². The first-order chi connectivity index (χ1) is 9.29. The first-order valence-electron chi connectivity index (χ1n) is 6.32. The third-order valence-electron chi connectivity index (χ3n) is 2.69. The molecule has 0 amide bonds. The summed E-state index contributed by atoms with van der Waals surface area (Å²) >= 11 is 1.62. The summed E-state index contributed by atoms with van der Waals surface area (Å²) in [6.45, 7) is 4.09. The van der Waals surface area contributed by atoms with Gasteiger partial charge in [-0.25, -0.2) is 4.98 Å². The quantitative estimate of drug-likeness (QED) is 0.764. The molecule has 0 aliphatic heterocycles. The van der Waals surface area contributed by atoms with Crippen molar-refractivity contribution >= 4 is 11.3 Å². The Balaban J connectivity index is 1.80. The highest BCUT2D eigenvalue weighted by Gasteiger charge is 2.03. The molecule has 0 radical (unpaired) electrons. The van der Waals surface area contributed by atoms with E-state index in [4.69, 9.17) is 4.74 Å². The van der Waals surface area contributed by atoms with Crippen molar-refractivity contribution in [1.29, 1.82) is 0 Å². The second kappa shape index (κ2) is 7.11. The van der Waals surface area contributed by atoms with Crippen molar-refractivity contribution in [2.24, 2.45) is 0 Å². The highest BCUT2D eigenvalue weighted by molar-refractivity contribution is 7.07. The largest absolute Gasteiger partial charge is 0.504 e. The molecule has 102 valence electrons. The summed E-state index contributed by atoms with van der Waals surface area (Å²) in [6.07, 6.45) is 0.930. The van der Waals surface area contributed by atoms with E-state index in [1.807, 2.05) is 24.6 Å². The van der Waals surface area contributed by atoms with E-state index in [1.165, 1.54) is 0 Å². The number of hydrogen-bond acceptors (Lipinski definition) is 5. The van der Waals surface area contributed by atoms with Crippen LogP contribution in [0.3, 0.4) is 0 Å². The number of phenolic OH excluding ortho intramolecular Hbond substituents is 1. The van der Waals surface area contributed by atoms with Gasteiger partial charge in [0.25, 0.3) is 0 Å². The smallest absolute Gasteiger partial charge is 0.161 e. The fraction of sp³-hybridized carbons (Fsp3) is 0.357. The van der Waals surface area contributed by atoms with Gasteiger partial charge in [0.15, 0.2) is 11.5 Å². The molecule has 0 fully saturated rings. The Kier molecular flexibility index (Phi) is 5.18. The predicted molar refractivity (Wildman–Crippen MR) is 76.8 cm³/mol. The van der Waals surface area contributed by atoms with Crippen LogP contribution in [0.15, 0.2) is 29.1 Å². The number of nitrogens with one attached hydrogen (secondary N) is 1. The molecule has 0 aliphatic rings. The van der Waals surface area contributed by atoms with Crippen molar-refractivity contribution in [2.75, 3.05) is 13.2 Å². The van der Waals surface area contributed by atoms with Gasteiger partial charge in [0, 0.05) is 24.9 Å². The molecular weight excluding hydrogens is 260 g/mol. The summed E-state index contributed by atoms with van der Waals surface area (Å²) in [5.41, 5.74) is 4.07. The van der Waals surface area contributed by atoms with Crippen LogP contribution in [0.5, 0.6) is 11.5 Å². The molecular formula is C14H18N2O2S. The number of aromatic hydroxyl groups is 1. The first-order valence-corrected chi connectivity index (χ1v) is 7.26. The molecule has 0 bridgehead atoms. The average Bonchev–Trinajstić information content (AvgIpc) is 2.92. The van der Waals surface area contributed by atoms with Gasteiger partial charge in [-0.2, -0.15) is 0 Å². The molecule has 5 heteroatoms. The summed E-state index contributed by atoms with van der Waals surface area (Å²) in [5.74, 6) is 0.731. The van der Waals surface area contributed by atoms with Gasteiger partial charge >= 0.3 is 0 Å². The molecule has 0 saturated heterocycles. The van der Waals surface area contributed by atoms with Crippen molar-refractivity contribution < 1.29 is 9.84 Å². The molecule has 2 rings (SSSR count). The van der Waals surface area contributed by atoms with Crippen LogP contribution in [0.25, 0.3) is 0 Å². The summed E-state index contributed by atoms with van der Waals surface area (Å²) in [6, 6.07) is 5.44. The molecule has 0 saturated carbocycles. The van der Waals surface area contributed by atoms with Crippen LogP contribution < -0.4 is 10.1 Å². The van der Waals surface area contributed by atoms with Crippen LogP contribution >= 0.6 is 11.3 Å².